The molecule has 0 atom stereocenters. The molecular weight excluding hydrogens is 136 g/mol. The molecule has 0 saturated heterocycles. The van der Waals surface area contributed by atoms with Crippen molar-refractivity contribution in [3.05, 3.63) is 23.9 Å². The van der Waals surface area contributed by atoms with Crippen LogP contribution in [0.25, 0.3) is 0 Å². The van der Waals surface area contributed by atoms with Crippen LogP contribution in [-0.2, 0) is 0 Å². The Morgan fingerprint density at radius 2 is 2.44 bits per heavy atom. The van der Waals surface area contributed by atoms with E-state index in [2.05, 4.69) is 11.9 Å². The number of nitrogens with one attached hydrogen (secondary N) is 1. The zero-order valence-corrected chi connectivity index (χ0v) is 5.99. The van der Waals surface area contributed by atoms with Crippen LogP contribution in [0.2, 0.25) is 0 Å². The number of allylic oxidation sites excluding steroid dienone is 1. The third-order valence-corrected chi connectivity index (χ3v) is 0.887. The Balaban J connectivity index is 3.27. The van der Waals surface area contributed by atoms with Gasteiger partial charge >= 0.3 is 0 Å². The van der Waals surface area contributed by atoms with E-state index in [9.17, 15) is 0 Å². The molecule has 0 amide bonds. The highest BCUT2D eigenvalue weighted by atomic mass is 35.5. The summed E-state index contributed by atoms with van der Waals surface area (Å²) in [4.78, 5) is 0. The molecule has 0 rings (SSSR count). The maximum Gasteiger partial charge on any atom is 0.0276 e. The third kappa shape index (κ3) is 5.40. The summed E-state index contributed by atoms with van der Waals surface area (Å²) in [6.45, 7) is 4.99. The minimum atomic E-state index is 0.606. The monoisotopic (exact) mass is 146 g/mol. The summed E-state index contributed by atoms with van der Waals surface area (Å²) in [5.41, 5.74) is 7.41. The first-order valence-electron chi connectivity index (χ1n) is 2.71. The first-order valence-corrected chi connectivity index (χ1v) is 3.14. The van der Waals surface area contributed by atoms with Crippen molar-refractivity contribution in [2.45, 2.75) is 0 Å². The Kier molecular flexibility index (Phi) is 5.37. The van der Waals surface area contributed by atoms with Gasteiger partial charge in [-0.05, 0) is 6.08 Å². The van der Waals surface area contributed by atoms with Crippen LogP contribution in [0, 0.1) is 0 Å². The van der Waals surface area contributed by atoms with E-state index in [1.54, 1.807) is 6.08 Å². The summed E-state index contributed by atoms with van der Waals surface area (Å²) in [6.07, 6.45) is 1.68. The van der Waals surface area contributed by atoms with Gasteiger partial charge in [0.1, 0.15) is 0 Å². The van der Waals surface area contributed by atoms with Crippen molar-refractivity contribution in [2.75, 3.05) is 13.1 Å². The lowest BCUT2D eigenvalue weighted by Gasteiger charge is -2.00. The molecule has 0 aliphatic carbocycles. The van der Waals surface area contributed by atoms with E-state index in [-0.39, 0.29) is 0 Å². The molecule has 0 fully saturated rings. The second-order valence-corrected chi connectivity index (χ2v) is 1.79. The molecule has 0 aromatic heterocycles. The lowest BCUT2D eigenvalue weighted by atomic mass is 10.4. The third-order valence-electron chi connectivity index (χ3n) is 0.761. The predicted octanol–water partition coefficient (Wildman–Crippen LogP) is 0.801. The fourth-order valence-corrected chi connectivity index (χ4v) is 0.520. The SMILES string of the molecule is C=C(/C=C/Cl)NCCN. The molecule has 0 saturated carbocycles. The van der Waals surface area contributed by atoms with Gasteiger partial charge in [0.2, 0.25) is 0 Å². The maximum absolute atomic E-state index is 5.26. The molecule has 0 aromatic carbocycles. The van der Waals surface area contributed by atoms with E-state index in [0.717, 1.165) is 12.2 Å². The average Bonchev–Trinajstić information content (AvgIpc) is 1.85. The van der Waals surface area contributed by atoms with Crippen LogP contribution in [-0.4, -0.2) is 13.1 Å². The number of rotatable bonds is 4. The van der Waals surface area contributed by atoms with Crippen LogP contribution >= 0.6 is 11.6 Å². The van der Waals surface area contributed by atoms with Gasteiger partial charge in [0, 0.05) is 24.3 Å². The van der Waals surface area contributed by atoms with Crippen molar-refractivity contribution in [3.63, 3.8) is 0 Å². The molecule has 0 aliphatic rings. The second-order valence-electron chi connectivity index (χ2n) is 1.53. The average molecular weight is 147 g/mol. The smallest absolute Gasteiger partial charge is 0.0276 e. The van der Waals surface area contributed by atoms with E-state index in [4.69, 9.17) is 17.3 Å². The zero-order chi connectivity index (χ0) is 7.11. The Morgan fingerprint density at radius 3 is 2.89 bits per heavy atom. The largest absolute Gasteiger partial charge is 0.384 e. The summed E-state index contributed by atoms with van der Waals surface area (Å²) >= 11 is 5.26. The van der Waals surface area contributed by atoms with Crippen LogP contribution in [0.1, 0.15) is 0 Å². The van der Waals surface area contributed by atoms with Crippen LogP contribution in [0.5, 0.6) is 0 Å². The molecule has 3 N–H and O–H groups in total. The molecule has 52 valence electrons. The molecule has 0 radical (unpaired) electrons. The van der Waals surface area contributed by atoms with Crippen molar-refractivity contribution < 1.29 is 0 Å². The molecular formula is C6H11ClN2. The van der Waals surface area contributed by atoms with Crippen molar-refractivity contribution in [1.29, 1.82) is 0 Å². The fraction of sp³-hybridized carbons (Fsp3) is 0.333. The molecule has 0 aliphatic heterocycles. The predicted molar refractivity (Wildman–Crippen MR) is 41.2 cm³/mol. The number of hydrogen-bond acceptors (Lipinski definition) is 2. The number of nitrogens with two attached hydrogens (primary N) is 1. The molecule has 0 heterocycles. The van der Waals surface area contributed by atoms with Crippen LogP contribution in [0.15, 0.2) is 23.9 Å². The van der Waals surface area contributed by atoms with Gasteiger partial charge in [-0.2, -0.15) is 0 Å². The lowest BCUT2D eigenvalue weighted by molar-refractivity contribution is 0.817. The Bertz CT molecular complexity index is 110. The summed E-state index contributed by atoms with van der Waals surface area (Å²) in [7, 11) is 0. The van der Waals surface area contributed by atoms with Gasteiger partial charge in [0.15, 0.2) is 0 Å². The summed E-state index contributed by atoms with van der Waals surface area (Å²) in [5, 5.41) is 2.94. The quantitative estimate of drug-likeness (QED) is 0.576. The van der Waals surface area contributed by atoms with Crippen molar-refractivity contribution in [2.24, 2.45) is 5.73 Å². The van der Waals surface area contributed by atoms with Crippen molar-refractivity contribution in [3.8, 4) is 0 Å². The summed E-state index contributed by atoms with van der Waals surface area (Å²) in [5.74, 6) is 0. The van der Waals surface area contributed by atoms with Gasteiger partial charge in [0.05, 0.1) is 0 Å². The molecule has 0 spiro atoms. The van der Waals surface area contributed by atoms with Gasteiger partial charge in [-0.25, -0.2) is 0 Å². The van der Waals surface area contributed by atoms with E-state index >= 15 is 0 Å². The molecule has 2 nitrogen and oxygen atoms in total. The van der Waals surface area contributed by atoms with Crippen LogP contribution in [0.3, 0.4) is 0 Å². The van der Waals surface area contributed by atoms with Gasteiger partial charge in [0.25, 0.3) is 0 Å². The summed E-state index contributed by atoms with van der Waals surface area (Å²) in [6, 6.07) is 0. The molecule has 3 heteroatoms. The highest BCUT2D eigenvalue weighted by molar-refractivity contribution is 6.25. The molecule has 0 bridgehead atoms. The second kappa shape index (κ2) is 5.66. The van der Waals surface area contributed by atoms with Crippen molar-refractivity contribution >= 4 is 11.6 Å². The molecule has 0 aromatic rings. The van der Waals surface area contributed by atoms with E-state index in [0.29, 0.717) is 6.54 Å². The highest BCUT2D eigenvalue weighted by Gasteiger charge is 1.81. The minimum Gasteiger partial charge on any atom is -0.384 e. The fourth-order valence-electron chi connectivity index (χ4n) is 0.368. The number of halogens is 1. The molecule has 9 heavy (non-hydrogen) atoms. The summed E-state index contributed by atoms with van der Waals surface area (Å²) < 4.78 is 0. The Hall–Kier alpha value is -0.470. The van der Waals surface area contributed by atoms with Gasteiger partial charge in [-0.1, -0.05) is 18.2 Å². The van der Waals surface area contributed by atoms with Gasteiger partial charge in [-0.3, -0.25) is 0 Å². The van der Waals surface area contributed by atoms with Crippen LogP contribution < -0.4 is 11.1 Å². The number of hydrogen-bond donors (Lipinski definition) is 2. The standard InChI is InChI=1S/C6H11ClN2/c1-6(2-3-7)9-5-4-8/h2-3,9H,1,4-5,8H2/b3-2+. The topological polar surface area (TPSA) is 38.0 Å². The van der Waals surface area contributed by atoms with E-state index in [1.807, 2.05) is 0 Å². The normalized spacial score (nSPS) is 10.0. The minimum absolute atomic E-state index is 0.606. The maximum atomic E-state index is 5.26. The zero-order valence-electron chi connectivity index (χ0n) is 5.23. The first-order chi connectivity index (χ1) is 4.31. The van der Waals surface area contributed by atoms with Gasteiger partial charge < -0.3 is 11.1 Å². The highest BCUT2D eigenvalue weighted by Crippen LogP contribution is 1.87. The van der Waals surface area contributed by atoms with Gasteiger partial charge in [-0.15, -0.1) is 0 Å². The van der Waals surface area contributed by atoms with E-state index in [1.165, 1.54) is 5.54 Å². The van der Waals surface area contributed by atoms with Crippen molar-refractivity contribution in [1.82, 2.24) is 5.32 Å². The Labute approximate surface area is 60.4 Å². The van der Waals surface area contributed by atoms with E-state index < -0.39 is 0 Å². The van der Waals surface area contributed by atoms with Crippen LogP contribution in [0.4, 0.5) is 0 Å². The Morgan fingerprint density at radius 1 is 1.78 bits per heavy atom. The first kappa shape index (κ1) is 8.53. The lowest BCUT2D eigenvalue weighted by Crippen LogP contribution is -2.20. The molecule has 0 unspecified atom stereocenters.